The van der Waals surface area contributed by atoms with Gasteiger partial charge in [0.25, 0.3) is 0 Å². The Hall–Kier alpha value is -2.56. The zero-order valence-corrected chi connectivity index (χ0v) is 19.4. The van der Waals surface area contributed by atoms with E-state index in [0.29, 0.717) is 0 Å². The molecule has 6 aliphatic carbocycles. The average molecular weight is 440 g/mol. The van der Waals surface area contributed by atoms with E-state index in [1.807, 2.05) is 23.1 Å². The SMILES string of the molecule is c1cc(-c2nc(C34CCC(CC3)CC4)nc(C34CCC(CC3)CC4)n2)cc(-n2cccn2)c1. The van der Waals surface area contributed by atoms with Gasteiger partial charge < -0.3 is 0 Å². The predicted octanol–water partition coefficient (Wildman–Crippen LogP) is 6.17. The topological polar surface area (TPSA) is 56.5 Å². The summed E-state index contributed by atoms with van der Waals surface area (Å²) < 4.78 is 1.91. The highest BCUT2D eigenvalue weighted by atomic mass is 15.3. The molecule has 0 N–H and O–H groups in total. The van der Waals surface area contributed by atoms with Gasteiger partial charge in [0.05, 0.1) is 5.69 Å². The zero-order valence-electron chi connectivity index (χ0n) is 19.4. The molecule has 9 rings (SSSR count). The first-order chi connectivity index (χ1) is 16.2. The molecule has 0 saturated heterocycles. The molecule has 5 heteroatoms. The monoisotopic (exact) mass is 439 g/mol. The van der Waals surface area contributed by atoms with Crippen LogP contribution in [0.25, 0.3) is 17.1 Å². The number of aromatic nitrogens is 5. The second kappa shape index (κ2) is 7.48. The molecule has 1 aromatic carbocycles. The predicted molar refractivity (Wildman–Crippen MR) is 128 cm³/mol. The first-order valence-electron chi connectivity index (χ1n) is 13.1. The molecular weight excluding hydrogens is 406 g/mol. The smallest absolute Gasteiger partial charge is 0.163 e. The summed E-state index contributed by atoms with van der Waals surface area (Å²) in [6.45, 7) is 0. The van der Waals surface area contributed by atoms with Crippen LogP contribution in [0.15, 0.2) is 42.7 Å². The molecule has 0 amide bonds. The Bertz CT molecular complexity index is 1070. The van der Waals surface area contributed by atoms with E-state index < -0.39 is 0 Å². The average Bonchev–Trinajstić information content (AvgIpc) is 3.46. The van der Waals surface area contributed by atoms with Crippen molar-refractivity contribution in [1.82, 2.24) is 24.7 Å². The Morgan fingerprint density at radius 3 is 1.79 bits per heavy atom. The van der Waals surface area contributed by atoms with Gasteiger partial charge in [-0.15, -0.1) is 0 Å². The number of fused-ring (bicyclic) bond motifs is 6. The van der Waals surface area contributed by atoms with Crippen LogP contribution in [-0.4, -0.2) is 24.7 Å². The second-order valence-electron chi connectivity index (χ2n) is 11.3. The second-order valence-corrected chi connectivity index (χ2v) is 11.3. The molecule has 3 aromatic rings. The van der Waals surface area contributed by atoms with E-state index in [1.54, 1.807) is 0 Å². The molecule has 6 fully saturated rings. The number of benzene rings is 1. The third-order valence-electron chi connectivity index (χ3n) is 9.64. The maximum atomic E-state index is 5.37. The van der Waals surface area contributed by atoms with Crippen molar-refractivity contribution in [3.8, 4) is 17.1 Å². The Morgan fingerprint density at radius 2 is 1.27 bits per heavy atom. The minimum absolute atomic E-state index is 0.170. The van der Waals surface area contributed by atoms with E-state index in [4.69, 9.17) is 15.0 Å². The fourth-order valence-corrected chi connectivity index (χ4v) is 7.36. The van der Waals surface area contributed by atoms with Gasteiger partial charge in [0.15, 0.2) is 5.82 Å². The van der Waals surface area contributed by atoms with Gasteiger partial charge in [-0.05, 0) is 107 Å². The van der Waals surface area contributed by atoms with Crippen molar-refractivity contribution in [1.29, 1.82) is 0 Å². The number of rotatable bonds is 4. The largest absolute Gasteiger partial charge is 0.241 e. The first kappa shape index (κ1) is 19.9. The van der Waals surface area contributed by atoms with Crippen molar-refractivity contribution in [3.05, 3.63) is 54.4 Å². The van der Waals surface area contributed by atoms with Crippen LogP contribution in [0, 0.1) is 11.8 Å². The van der Waals surface area contributed by atoms with Crippen molar-refractivity contribution in [2.45, 2.75) is 87.9 Å². The van der Waals surface area contributed by atoms with Crippen LogP contribution in [0.5, 0.6) is 0 Å². The third-order valence-corrected chi connectivity index (χ3v) is 9.64. The van der Waals surface area contributed by atoms with Crippen LogP contribution in [0.2, 0.25) is 0 Å². The van der Waals surface area contributed by atoms with Crippen LogP contribution in [0.4, 0.5) is 0 Å². The summed E-state index contributed by atoms with van der Waals surface area (Å²) in [5.41, 5.74) is 2.47. The van der Waals surface area contributed by atoms with Crippen LogP contribution in [-0.2, 0) is 10.8 Å². The lowest BCUT2D eigenvalue weighted by Crippen LogP contribution is -2.42. The summed E-state index contributed by atoms with van der Waals surface area (Å²) in [5, 5.41) is 4.43. The van der Waals surface area contributed by atoms with Gasteiger partial charge >= 0.3 is 0 Å². The van der Waals surface area contributed by atoms with Crippen molar-refractivity contribution in [2.24, 2.45) is 11.8 Å². The molecule has 2 aromatic heterocycles. The normalized spacial score (nSPS) is 32.8. The Morgan fingerprint density at radius 1 is 0.697 bits per heavy atom. The highest BCUT2D eigenvalue weighted by Crippen LogP contribution is 2.53. The van der Waals surface area contributed by atoms with E-state index in [1.165, 1.54) is 77.0 Å². The van der Waals surface area contributed by atoms with Gasteiger partial charge in [0.1, 0.15) is 11.6 Å². The van der Waals surface area contributed by atoms with Crippen LogP contribution < -0.4 is 0 Å². The van der Waals surface area contributed by atoms with E-state index in [2.05, 4.69) is 29.4 Å². The molecule has 0 radical (unpaired) electrons. The summed E-state index contributed by atoms with van der Waals surface area (Å²) in [4.78, 5) is 15.9. The summed E-state index contributed by atoms with van der Waals surface area (Å²) >= 11 is 0. The van der Waals surface area contributed by atoms with Gasteiger partial charge in [0, 0.05) is 28.8 Å². The number of hydrogen-bond acceptors (Lipinski definition) is 4. The van der Waals surface area contributed by atoms with E-state index in [-0.39, 0.29) is 10.8 Å². The highest BCUT2D eigenvalue weighted by molar-refractivity contribution is 5.59. The van der Waals surface area contributed by atoms with E-state index >= 15 is 0 Å². The molecule has 5 nitrogen and oxygen atoms in total. The Balaban J connectivity index is 1.37. The Kier molecular flexibility index (Phi) is 4.50. The summed E-state index contributed by atoms with van der Waals surface area (Å²) in [6.07, 6.45) is 19.4. The van der Waals surface area contributed by atoms with Crippen LogP contribution in [0.1, 0.15) is 88.7 Å². The van der Waals surface area contributed by atoms with E-state index in [9.17, 15) is 0 Å². The summed E-state index contributed by atoms with van der Waals surface area (Å²) in [7, 11) is 0. The van der Waals surface area contributed by atoms with Gasteiger partial charge in [-0.25, -0.2) is 19.6 Å². The zero-order chi connectivity index (χ0) is 21.9. The van der Waals surface area contributed by atoms with Crippen molar-refractivity contribution in [2.75, 3.05) is 0 Å². The maximum Gasteiger partial charge on any atom is 0.163 e. The minimum atomic E-state index is 0.170. The fourth-order valence-electron chi connectivity index (χ4n) is 7.36. The molecule has 2 heterocycles. The number of hydrogen-bond donors (Lipinski definition) is 0. The standard InChI is InChI=1S/C28H33N5/c1-3-22(19-23(4-1)33-18-2-17-29-33)24-30-25(27-11-5-20(6-12-27)7-13-27)32-26(31-24)28-14-8-21(9-15-28)10-16-28/h1-4,17-21H,5-16H2. The van der Waals surface area contributed by atoms with E-state index in [0.717, 1.165) is 40.6 Å². The van der Waals surface area contributed by atoms with Gasteiger partial charge in [0.2, 0.25) is 0 Å². The highest BCUT2D eigenvalue weighted by Gasteiger charge is 2.47. The van der Waals surface area contributed by atoms with Gasteiger partial charge in [-0.1, -0.05) is 12.1 Å². The van der Waals surface area contributed by atoms with Crippen molar-refractivity contribution >= 4 is 0 Å². The van der Waals surface area contributed by atoms with Crippen LogP contribution in [0.3, 0.4) is 0 Å². The molecule has 6 saturated carbocycles. The lowest BCUT2D eigenvalue weighted by atomic mass is 9.59. The number of nitrogens with zero attached hydrogens (tertiary/aromatic N) is 5. The summed E-state index contributed by atoms with van der Waals surface area (Å²) in [5.74, 6) is 4.95. The quantitative estimate of drug-likeness (QED) is 0.488. The third kappa shape index (κ3) is 3.26. The van der Waals surface area contributed by atoms with Crippen molar-refractivity contribution in [3.63, 3.8) is 0 Å². The van der Waals surface area contributed by atoms with Gasteiger partial charge in [-0.2, -0.15) is 5.10 Å². The first-order valence-corrected chi connectivity index (χ1v) is 13.1. The molecule has 6 aliphatic rings. The Labute approximate surface area is 196 Å². The molecule has 4 bridgehead atoms. The van der Waals surface area contributed by atoms with Crippen LogP contribution >= 0.6 is 0 Å². The molecular formula is C28H33N5. The molecule has 33 heavy (non-hydrogen) atoms. The fraction of sp³-hybridized carbons (Fsp3) is 0.571. The minimum Gasteiger partial charge on any atom is -0.241 e. The molecule has 0 atom stereocenters. The van der Waals surface area contributed by atoms with Crippen molar-refractivity contribution < 1.29 is 0 Å². The molecule has 0 unspecified atom stereocenters. The van der Waals surface area contributed by atoms with Gasteiger partial charge in [-0.3, -0.25) is 0 Å². The lowest BCUT2D eigenvalue weighted by Gasteiger charge is -2.47. The lowest BCUT2D eigenvalue weighted by molar-refractivity contribution is 0.117. The maximum absolute atomic E-state index is 5.37. The summed E-state index contributed by atoms with van der Waals surface area (Å²) in [6, 6.07) is 10.5. The molecule has 170 valence electrons. The molecule has 0 spiro atoms. The molecule has 0 aliphatic heterocycles.